The molecular formula is C16H24N2O2. The minimum atomic E-state index is -0.00630. The van der Waals surface area contributed by atoms with Gasteiger partial charge >= 0.3 is 0 Å². The Labute approximate surface area is 121 Å². The summed E-state index contributed by atoms with van der Waals surface area (Å²) < 4.78 is 5.97. The Morgan fingerprint density at radius 1 is 1.35 bits per heavy atom. The molecule has 0 aromatic heterocycles. The van der Waals surface area contributed by atoms with Gasteiger partial charge in [-0.1, -0.05) is 30.3 Å². The van der Waals surface area contributed by atoms with Crippen LogP contribution >= 0.6 is 0 Å². The molecule has 1 aliphatic rings. The minimum absolute atomic E-state index is 0.00630. The molecule has 0 radical (unpaired) electrons. The molecule has 1 aliphatic heterocycles. The summed E-state index contributed by atoms with van der Waals surface area (Å²) in [6.07, 6.45) is 1.57. The Bertz CT molecular complexity index is 422. The molecule has 2 unspecified atom stereocenters. The van der Waals surface area contributed by atoms with E-state index < -0.39 is 0 Å². The summed E-state index contributed by atoms with van der Waals surface area (Å²) in [5.74, 6) is 0.233. The molecule has 1 fully saturated rings. The van der Waals surface area contributed by atoms with Gasteiger partial charge in [0, 0.05) is 13.0 Å². The number of ether oxygens (including phenoxy) is 1. The predicted molar refractivity (Wildman–Crippen MR) is 79.5 cm³/mol. The number of morpholine rings is 1. The summed E-state index contributed by atoms with van der Waals surface area (Å²) in [5, 5.41) is 3.07. The van der Waals surface area contributed by atoms with Crippen molar-refractivity contribution in [3.8, 4) is 0 Å². The van der Waals surface area contributed by atoms with E-state index in [2.05, 4.69) is 17.4 Å². The van der Waals surface area contributed by atoms with Gasteiger partial charge in [0.2, 0.25) is 5.91 Å². The second-order valence-corrected chi connectivity index (χ2v) is 5.35. The molecule has 1 N–H and O–H groups in total. The first-order valence-electron chi connectivity index (χ1n) is 7.33. The molecule has 2 atom stereocenters. The van der Waals surface area contributed by atoms with Crippen molar-refractivity contribution in [2.75, 3.05) is 26.7 Å². The Balaban J connectivity index is 1.96. The third kappa shape index (κ3) is 4.05. The van der Waals surface area contributed by atoms with E-state index in [1.807, 2.05) is 37.1 Å². The van der Waals surface area contributed by atoms with Crippen molar-refractivity contribution < 1.29 is 9.53 Å². The number of hydrogen-bond acceptors (Lipinski definition) is 3. The molecule has 1 saturated heterocycles. The third-order valence-electron chi connectivity index (χ3n) is 3.60. The Kier molecular flexibility index (Phi) is 5.56. The quantitative estimate of drug-likeness (QED) is 0.836. The van der Waals surface area contributed by atoms with E-state index in [1.165, 1.54) is 0 Å². The molecule has 0 spiro atoms. The van der Waals surface area contributed by atoms with Crippen molar-refractivity contribution in [2.24, 2.45) is 0 Å². The monoisotopic (exact) mass is 276 g/mol. The maximum atomic E-state index is 12.2. The number of hydrogen-bond donors (Lipinski definition) is 1. The second-order valence-electron chi connectivity index (χ2n) is 5.35. The van der Waals surface area contributed by atoms with Crippen LogP contribution < -0.4 is 5.32 Å². The van der Waals surface area contributed by atoms with Gasteiger partial charge in [-0.05, 0) is 32.5 Å². The van der Waals surface area contributed by atoms with Gasteiger partial charge in [0.1, 0.15) is 6.10 Å². The Morgan fingerprint density at radius 3 is 2.80 bits per heavy atom. The summed E-state index contributed by atoms with van der Waals surface area (Å²) >= 11 is 0. The van der Waals surface area contributed by atoms with E-state index >= 15 is 0 Å². The lowest BCUT2D eigenvalue weighted by Gasteiger charge is -2.37. The van der Waals surface area contributed by atoms with Crippen molar-refractivity contribution in [3.05, 3.63) is 35.9 Å². The van der Waals surface area contributed by atoms with Gasteiger partial charge in [-0.15, -0.1) is 0 Å². The van der Waals surface area contributed by atoms with Crippen molar-refractivity contribution in [1.82, 2.24) is 10.2 Å². The highest BCUT2D eigenvalue weighted by Gasteiger charge is 2.28. The van der Waals surface area contributed by atoms with Crippen LogP contribution in [0, 0.1) is 0 Å². The van der Waals surface area contributed by atoms with Gasteiger partial charge in [0.05, 0.1) is 12.6 Å². The standard InChI is InChI=1S/C16H24N2O2/c1-13-11-18(16(19)9-6-10-17-2)12-15(20-13)14-7-4-3-5-8-14/h3-5,7-8,13,15,17H,6,9-12H2,1-2H3. The van der Waals surface area contributed by atoms with Crippen LogP contribution in [0.5, 0.6) is 0 Å². The Hall–Kier alpha value is -1.39. The van der Waals surface area contributed by atoms with Crippen LogP contribution in [-0.2, 0) is 9.53 Å². The molecule has 1 heterocycles. The largest absolute Gasteiger partial charge is 0.367 e. The molecule has 1 aromatic carbocycles. The van der Waals surface area contributed by atoms with E-state index in [9.17, 15) is 4.79 Å². The first-order valence-corrected chi connectivity index (χ1v) is 7.33. The van der Waals surface area contributed by atoms with Crippen LogP contribution in [0.4, 0.5) is 0 Å². The van der Waals surface area contributed by atoms with E-state index in [0.29, 0.717) is 19.5 Å². The minimum Gasteiger partial charge on any atom is -0.367 e. The summed E-state index contributed by atoms with van der Waals surface area (Å²) in [4.78, 5) is 14.2. The van der Waals surface area contributed by atoms with Crippen LogP contribution in [0.1, 0.15) is 31.4 Å². The summed E-state index contributed by atoms with van der Waals surface area (Å²) in [5.41, 5.74) is 1.15. The van der Waals surface area contributed by atoms with Crippen molar-refractivity contribution in [3.63, 3.8) is 0 Å². The number of nitrogens with one attached hydrogen (secondary N) is 1. The van der Waals surface area contributed by atoms with Crippen molar-refractivity contribution in [2.45, 2.75) is 32.0 Å². The summed E-state index contributed by atoms with van der Waals surface area (Å²) in [6.45, 7) is 4.27. The van der Waals surface area contributed by atoms with Crippen molar-refractivity contribution in [1.29, 1.82) is 0 Å². The van der Waals surface area contributed by atoms with Crippen LogP contribution in [0.3, 0.4) is 0 Å². The first-order chi connectivity index (χ1) is 9.70. The molecule has 1 aromatic rings. The topological polar surface area (TPSA) is 41.6 Å². The SMILES string of the molecule is CNCCCC(=O)N1CC(C)OC(c2ccccc2)C1. The van der Waals surface area contributed by atoms with Crippen LogP contribution in [0.25, 0.3) is 0 Å². The van der Waals surface area contributed by atoms with Gasteiger partial charge < -0.3 is 15.0 Å². The number of carbonyl (C=O) groups is 1. The number of benzene rings is 1. The van der Waals surface area contributed by atoms with Gasteiger partial charge in [-0.3, -0.25) is 4.79 Å². The fourth-order valence-electron chi connectivity index (χ4n) is 2.58. The smallest absolute Gasteiger partial charge is 0.222 e. The van der Waals surface area contributed by atoms with Crippen LogP contribution in [0.2, 0.25) is 0 Å². The maximum Gasteiger partial charge on any atom is 0.222 e. The van der Waals surface area contributed by atoms with Gasteiger partial charge in [0.15, 0.2) is 0 Å². The van der Waals surface area contributed by atoms with E-state index in [-0.39, 0.29) is 18.1 Å². The zero-order valence-corrected chi connectivity index (χ0v) is 12.3. The fraction of sp³-hybridized carbons (Fsp3) is 0.562. The first kappa shape index (κ1) is 15.0. The molecule has 110 valence electrons. The highest BCUT2D eigenvalue weighted by atomic mass is 16.5. The number of carbonyl (C=O) groups excluding carboxylic acids is 1. The zero-order valence-electron chi connectivity index (χ0n) is 12.3. The number of rotatable bonds is 5. The molecule has 1 amide bonds. The van der Waals surface area contributed by atoms with Gasteiger partial charge in [-0.2, -0.15) is 0 Å². The molecule has 2 rings (SSSR count). The van der Waals surface area contributed by atoms with Crippen molar-refractivity contribution >= 4 is 5.91 Å². The normalized spacial score (nSPS) is 22.8. The summed E-state index contributed by atoms with van der Waals surface area (Å²) in [6, 6.07) is 10.1. The maximum absolute atomic E-state index is 12.2. The molecular weight excluding hydrogens is 252 g/mol. The average Bonchev–Trinajstić information content (AvgIpc) is 2.47. The van der Waals surface area contributed by atoms with Crippen LogP contribution in [-0.4, -0.2) is 43.6 Å². The zero-order chi connectivity index (χ0) is 14.4. The lowest BCUT2D eigenvalue weighted by atomic mass is 10.1. The number of nitrogens with zero attached hydrogens (tertiary/aromatic N) is 1. The lowest BCUT2D eigenvalue weighted by Crippen LogP contribution is -2.46. The molecule has 0 aliphatic carbocycles. The fourth-order valence-corrected chi connectivity index (χ4v) is 2.58. The second kappa shape index (κ2) is 7.41. The Morgan fingerprint density at radius 2 is 2.10 bits per heavy atom. The van der Waals surface area contributed by atoms with Gasteiger partial charge in [0.25, 0.3) is 0 Å². The van der Waals surface area contributed by atoms with E-state index in [4.69, 9.17) is 4.74 Å². The molecule has 4 nitrogen and oxygen atoms in total. The lowest BCUT2D eigenvalue weighted by molar-refractivity contribution is -0.145. The van der Waals surface area contributed by atoms with E-state index in [0.717, 1.165) is 18.5 Å². The molecule has 0 bridgehead atoms. The van der Waals surface area contributed by atoms with E-state index in [1.54, 1.807) is 0 Å². The molecule has 4 heteroatoms. The predicted octanol–water partition coefficient (Wildman–Crippen LogP) is 1.97. The van der Waals surface area contributed by atoms with Gasteiger partial charge in [-0.25, -0.2) is 0 Å². The highest BCUT2D eigenvalue weighted by molar-refractivity contribution is 5.76. The number of amides is 1. The molecule has 0 saturated carbocycles. The molecule has 20 heavy (non-hydrogen) atoms. The average molecular weight is 276 g/mol. The van der Waals surface area contributed by atoms with Crippen LogP contribution in [0.15, 0.2) is 30.3 Å². The summed E-state index contributed by atoms with van der Waals surface area (Å²) in [7, 11) is 1.91. The highest BCUT2D eigenvalue weighted by Crippen LogP contribution is 2.25. The third-order valence-corrected chi connectivity index (χ3v) is 3.60.